The molecule has 12 heavy (non-hydrogen) atoms. The van der Waals surface area contributed by atoms with Crippen molar-refractivity contribution in [1.82, 2.24) is 5.16 Å². The first-order chi connectivity index (χ1) is 5.74. The number of nitrogens with two attached hydrogens (primary N) is 1. The lowest BCUT2D eigenvalue weighted by atomic mass is 10.0. The molecule has 0 saturated carbocycles. The highest BCUT2D eigenvalue weighted by molar-refractivity contribution is 5.14. The van der Waals surface area contributed by atoms with Gasteiger partial charge in [0, 0.05) is 12.0 Å². The molecule has 0 aromatic carbocycles. The van der Waals surface area contributed by atoms with Gasteiger partial charge in [-0.3, -0.25) is 0 Å². The van der Waals surface area contributed by atoms with Crippen molar-refractivity contribution in [1.29, 1.82) is 0 Å². The second-order valence-corrected chi connectivity index (χ2v) is 3.41. The Kier molecular flexibility index (Phi) is 3.29. The van der Waals surface area contributed by atoms with Gasteiger partial charge in [0.2, 0.25) is 0 Å². The minimum atomic E-state index is 0.606. The summed E-state index contributed by atoms with van der Waals surface area (Å²) in [6.45, 7) is 4.98. The number of aromatic nitrogens is 1. The minimum Gasteiger partial charge on any atom is -0.361 e. The van der Waals surface area contributed by atoms with Crippen molar-refractivity contribution in [2.45, 2.75) is 26.7 Å². The molecule has 0 unspecified atom stereocenters. The van der Waals surface area contributed by atoms with Crippen molar-refractivity contribution in [2.75, 3.05) is 6.54 Å². The van der Waals surface area contributed by atoms with Gasteiger partial charge in [-0.1, -0.05) is 19.0 Å². The molecule has 3 heteroatoms. The zero-order valence-electron chi connectivity index (χ0n) is 7.71. The Morgan fingerprint density at radius 1 is 1.58 bits per heavy atom. The Bertz CT molecular complexity index is 230. The van der Waals surface area contributed by atoms with Crippen LogP contribution in [0.4, 0.5) is 0 Å². The van der Waals surface area contributed by atoms with E-state index in [0.29, 0.717) is 12.5 Å². The maximum absolute atomic E-state index is 5.45. The van der Waals surface area contributed by atoms with E-state index >= 15 is 0 Å². The van der Waals surface area contributed by atoms with Crippen LogP contribution in [0.5, 0.6) is 0 Å². The lowest BCUT2D eigenvalue weighted by Gasteiger charge is -2.01. The zero-order valence-corrected chi connectivity index (χ0v) is 7.71. The molecule has 0 atom stereocenters. The Balaban J connectivity index is 2.63. The monoisotopic (exact) mass is 168 g/mol. The van der Waals surface area contributed by atoms with Crippen molar-refractivity contribution in [3.63, 3.8) is 0 Å². The Morgan fingerprint density at radius 3 is 2.92 bits per heavy atom. The van der Waals surface area contributed by atoms with Crippen LogP contribution in [0.25, 0.3) is 0 Å². The summed E-state index contributed by atoms with van der Waals surface area (Å²) in [5, 5.41) is 3.76. The summed E-state index contributed by atoms with van der Waals surface area (Å²) >= 11 is 0. The Labute approximate surface area is 72.9 Å². The topological polar surface area (TPSA) is 52.0 Å². The van der Waals surface area contributed by atoms with Crippen LogP contribution in [-0.4, -0.2) is 11.7 Å². The van der Waals surface area contributed by atoms with E-state index in [1.165, 1.54) is 0 Å². The molecule has 3 nitrogen and oxygen atoms in total. The number of hydrogen-bond acceptors (Lipinski definition) is 3. The third-order valence-corrected chi connectivity index (χ3v) is 1.74. The van der Waals surface area contributed by atoms with Crippen molar-refractivity contribution in [3.8, 4) is 0 Å². The van der Waals surface area contributed by atoms with Gasteiger partial charge in [-0.05, 0) is 18.9 Å². The molecule has 0 fully saturated rings. The van der Waals surface area contributed by atoms with E-state index < -0.39 is 0 Å². The molecule has 0 spiro atoms. The van der Waals surface area contributed by atoms with Crippen LogP contribution in [0.2, 0.25) is 0 Å². The number of hydrogen-bond donors (Lipinski definition) is 1. The molecule has 1 aromatic rings. The summed E-state index contributed by atoms with van der Waals surface area (Å²) in [7, 11) is 0. The lowest BCUT2D eigenvalue weighted by molar-refractivity contribution is 0.367. The van der Waals surface area contributed by atoms with E-state index in [1.807, 2.05) is 0 Å². The van der Waals surface area contributed by atoms with Crippen LogP contribution in [0.3, 0.4) is 0 Å². The highest BCUT2D eigenvalue weighted by Crippen LogP contribution is 2.13. The molecular weight excluding hydrogens is 152 g/mol. The maximum atomic E-state index is 5.45. The highest BCUT2D eigenvalue weighted by Gasteiger charge is 2.08. The van der Waals surface area contributed by atoms with Crippen molar-refractivity contribution in [2.24, 2.45) is 11.7 Å². The summed E-state index contributed by atoms with van der Waals surface area (Å²) in [4.78, 5) is 0. The van der Waals surface area contributed by atoms with E-state index in [2.05, 4.69) is 19.0 Å². The van der Waals surface area contributed by atoms with Gasteiger partial charge < -0.3 is 10.3 Å². The molecule has 0 amide bonds. The zero-order chi connectivity index (χ0) is 8.97. The Morgan fingerprint density at radius 2 is 2.33 bits per heavy atom. The highest BCUT2D eigenvalue weighted by atomic mass is 16.5. The summed E-state index contributed by atoms with van der Waals surface area (Å²) in [5.74, 6) is 1.60. The van der Waals surface area contributed by atoms with Crippen molar-refractivity contribution in [3.05, 3.63) is 17.5 Å². The van der Waals surface area contributed by atoms with Crippen LogP contribution in [0.1, 0.15) is 25.2 Å². The van der Waals surface area contributed by atoms with Crippen LogP contribution < -0.4 is 5.73 Å². The van der Waals surface area contributed by atoms with Crippen LogP contribution in [0.15, 0.2) is 10.7 Å². The first-order valence-corrected chi connectivity index (χ1v) is 4.36. The average Bonchev–Trinajstić information content (AvgIpc) is 2.37. The summed E-state index contributed by atoms with van der Waals surface area (Å²) < 4.78 is 5.12. The van der Waals surface area contributed by atoms with E-state index in [9.17, 15) is 0 Å². The molecule has 0 aliphatic rings. The molecule has 0 radical (unpaired) electrons. The van der Waals surface area contributed by atoms with Gasteiger partial charge >= 0.3 is 0 Å². The normalized spacial score (nSPS) is 11.0. The van der Waals surface area contributed by atoms with Gasteiger partial charge in [0.25, 0.3) is 0 Å². The maximum Gasteiger partial charge on any atom is 0.140 e. The predicted molar refractivity (Wildman–Crippen MR) is 47.8 cm³/mol. The summed E-state index contributed by atoms with van der Waals surface area (Å²) in [6.07, 6.45) is 3.59. The lowest BCUT2D eigenvalue weighted by Crippen LogP contribution is -2.04. The predicted octanol–water partition coefficient (Wildman–Crippen LogP) is 1.37. The van der Waals surface area contributed by atoms with Gasteiger partial charge in [-0.2, -0.15) is 0 Å². The largest absolute Gasteiger partial charge is 0.361 e. The third kappa shape index (κ3) is 2.34. The third-order valence-electron chi connectivity index (χ3n) is 1.74. The van der Waals surface area contributed by atoms with Gasteiger partial charge in [-0.25, -0.2) is 0 Å². The number of rotatable bonds is 4. The van der Waals surface area contributed by atoms with Crippen LogP contribution in [0, 0.1) is 5.92 Å². The molecule has 0 aliphatic carbocycles. The average molecular weight is 168 g/mol. The smallest absolute Gasteiger partial charge is 0.140 e. The molecule has 1 rings (SSSR count). The van der Waals surface area contributed by atoms with Gasteiger partial charge in [-0.15, -0.1) is 0 Å². The second-order valence-electron chi connectivity index (χ2n) is 3.41. The van der Waals surface area contributed by atoms with Crippen molar-refractivity contribution >= 4 is 0 Å². The summed E-state index contributed by atoms with van der Waals surface area (Å²) in [5.41, 5.74) is 6.61. The second kappa shape index (κ2) is 4.26. The van der Waals surface area contributed by atoms with Crippen molar-refractivity contribution < 1.29 is 4.52 Å². The first-order valence-electron chi connectivity index (χ1n) is 4.36. The van der Waals surface area contributed by atoms with E-state index in [4.69, 9.17) is 10.3 Å². The standard InChI is InChI=1S/C9H16N2O/c1-7(2)5-9-8(3-4-10)6-11-12-9/h6-7H,3-5,10H2,1-2H3. The molecule has 0 saturated heterocycles. The molecule has 0 aliphatic heterocycles. The fraction of sp³-hybridized carbons (Fsp3) is 0.667. The number of nitrogens with zero attached hydrogens (tertiary/aromatic N) is 1. The fourth-order valence-corrected chi connectivity index (χ4v) is 1.18. The van der Waals surface area contributed by atoms with Gasteiger partial charge in [0.05, 0.1) is 6.20 Å². The molecular formula is C9H16N2O. The summed E-state index contributed by atoms with van der Waals surface area (Å²) in [6, 6.07) is 0. The van der Waals surface area contributed by atoms with E-state index in [1.54, 1.807) is 6.20 Å². The molecule has 0 bridgehead atoms. The molecule has 2 N–H and O–H groups in total. The first kappa shape index (κ1) is 9.26. The Hall–Kier alpha value is -0.830. The minimum absolute atomic E-state index is 0.606. The fourth-order valence-electron chi connectivity index (χ4n) is 1.18. The van der Waals surface area contributed by atoms with Gasteiger partial charge in [0.15, 0.2) is 0 Å². The SMILES string of the molecule is CC(C)Cc1oncc1CCN. The van der Waals surface area contributed by atoms with Crippen LogP contribution in [-0.2, 0) is 12.8 Å². The van der Waals surface area contributed by atoms with E-state index in [-0.39, 0.29) is 0 Å². The van der Waals surface area contributed by atoms with E-state index in [0.717, 1.165) is 24.2 Å². The molecule has 1 aromatic heterocycles. The molecule has 68 valence electrons. The van der Waals surface area contributed by atoms with Crippen LogP contribution >= 0.6 is 0 Å². The molecule has 1 heterocycles. The quantitative estimate of drug-likeness (QED) is 0.738. The van der Waals surface area contributed by atoms with Gasteiger partial charge in [0.1, 0.15) is 5.76 Å².